The molecule has 2 nitrogen and oxygen atoms in total. The molecule has 0 aliphatic heterocycles. The number of ketones is 1. The highest BCUT2D eigenvalue weighted by molar-refractivity contribution is 5.96. The molecule has 0 amide bonds. The van der Waals surface area contributed by atoms with Crippen LogP contribution in [0.2, 0.25) is 0 Å². The number of rotatable bonds is 8. The van der Waals surface area contributed by atoms with Crippen molar-refractivity contribution in [2.24, 2.45) is 0 Å². The SMILES string of the molecule is CCCc1cccc(C(=O)CCOCC(F)F)c1. The number of hydrogen-bond acceptors (Lipinski definition) is 2. The molecule has 18 heavy (non-hydrogen) atoms. The summed E-state index contributed by atoms with van der Waals surface area (Å²) in [5, 5.41) is 0. The van der Waals surface area contributed by atoms with Crippen LogP contribution in [0.4, 0.5) is 8.78 Å². The molecule has 0 N–H and O–H groups in total. The second-order valence-corrected chi connectivity index (χ2v) is 4.09. The number of carbonyl (C=O) groups is 1. The zero-order valence-corrected chi connectivity index (χ0v) is 10.5. The number of aryl methyl sites for hydroxylation is 1. The summed E-state index contributed by atoms with van der Waals surface area (Å²) in [4.78, 5) is 11.8. The lowest BCUT2D eigenvalue weighted by Gasteiger charge is -2.05. The zero-order valence-electron chi connectivity index (χ0n) is 10.5. The van der Waals surface area contributed by atoms with Crippen molar-refractivity contribution in [3.8, 4) is 0 Å². The van der Waals surface area contributed by atoms with Gasteiger partial charge in [-0.25, -0.2) is 8.78 Å². The smallest absolute Gasteiger partial charge is 0.261 e. The van der Waals surface area contributed by atoms with Crippen LogP contribution in [0.1, 0.15) is 35.7 Å². The van der Waals surface area contributed by atoms with Gasteiger partial charge in [-0.3, -0.25) is 4.79 Å². The summed E-state index contributed by atoms with van der Waals surface area (Å²) in [7, 11) is 0. The Hall–Kier alpha value is -1.29. The molecule has 100 valence electrons. The highest BCUT2D eigenvalue weighted by Crippen LogP contribution is 2.10. The van der Waals surface area contributed by atoms with E-state index in [1.807, 2.05) is 18.2 Å². The standard InChI is InChI=1S/C14H18F2O2/c1-2-4-11-5-3-6-12(9-11)13(17)7-8-18-10-14(15)16/h3,5-6,9,14H,2,4,7-8,10H2,1H3. The lowest BCUT2D eigenvalue weighted by molar-refractivity contribution is 0.0170. The lowest BCUT2D eigenvalue weighted by Crippen LogP contribution is -2.09. The first-order valence-corrected chi connectivity index (χ1v) is 6.11. The quantitative estimate of drug-likeness (QED) is 0.525. The Morgan fingerprint density at radius 3 is 2.83 bits per heavy atom. The Labute approximate surface area is 106 Å². The summed E-state index contributed by atoms with van der Waals surface area (Å²) in [5.74, 6) is -0.0674. The van der Waals surface area contributed by atoms with Gasteiger partial charge in [-0.2, -0.15) is 0 Å². The van der Waals surface area contributed by atoms with Crippen LogP contribution in [0, 0.1) is 0 Å². The van der Waals surface area contributed by atoms with Crippen LogP contribution >= 0.6 is 0 Å². The van der Waals surface area contributed by atoms with Crippen molar-refractivity contribution in [3.05, 3.63) is 35.4 Å². The number of benzene rings is 1. The Kier molecular flexibility index (Phi) is 6.50. The molecule has 0 aromatic heterocycles. The van der Waals surface area contributed by atoms with E-state index in [1.54, 1.807) is 6.07 Å². The number of ether oxygens (including phenoxy) is 1. The van der Waals surface area contributed by atoms with Gasteiger partial charge < -0.3 is 4.74 Å². The lowest BCUT2D eigenvalue weighted by atomic mass is 10.0. The Morgan fingerprint density at radius 2 is 2.17 bits per heavy atom. The number of Topliss-reactive ketones (excluding diaryl/α,β-unsaturated/α-hetero) is 1. The van der Waals surface area contributed by atoms with E-state index in [4.69, 9.17) is 4.74 Å². The van der Waals surface area contributed by atoms with Crippen LogP contribution < -0.4 is 0 Å². The fourth-order valence-corrected chi connectivity index (χ4v) is 1.67. The van der Waals surface area contributed by atoms with Gasteiger partial charge in [0.05, 0.1) is 6.61 Å². The van der Waals surface area contributed by atoms with Gasteiger partial charge in [0.25, 0.3) is 6.43 Å². The van der Waals surface area contributed by atoms with Crippen molar-refractivity contribution >= 4 is 5.78 Å². The first kappa shape index (κ1) is 14.8. The highest BCUT2D eigenvalue weighted by Gasteiger charge is 2.07. The van der Waals surface area contributed by atoms with Crippen molar-refractivity contribution in [1.82, 2.24) is 0 Å². The zero-order chi connectivity index (χ0) is 13.4. The monoisotopic (exact) mass is 256 g/mol. The minimum Gasteiger partial charge on any atom is -0.375 e. The molecule has 0 aliphatic rings. The molecule has 0 spiro atoms. The molecule has 4 heteroatoms. The summed E-state index contributed by atoms with van der Waals surface area (Å²) in [6.07, 6.45) is -0.381. The van der Waals surface area contributed by atoms with Crippen molar-refractivity contribution in [2.75, 3.05) is 13.2 Å². The Bertz CT molecular complexity index is 378. The number of halogens is 2. The molecule has 0 radical (unpaired) electrons. The molecule has 0 bridgehead atoms. The van der Waals surface area contributed by atoms with Gasteiger partial charge in [-0.1, -0.05) is 31.5 Å². The molecule has 0 atom stereocenters. The van der Waals surface area contributed by atoms with Gasteiger partial charge in [0, 0.05) is 12.0 Å². The fraction of sp³-hybridized carbons (Fsp3) is 0.500. The average molecular weight is 256 g/mol. The van der Waals surface area contributed by atoms with E-state index in [0.717, 1.165) is 18.4 Å². The van der Waals surface area contributed by atoms with Crippen LogP contribution in [0.15, 0.2) is 24.3 Å². The third-order valence-corrected chi connectivity index (χ3v) is 2.50. The first-order chi connectivity index (χ1) is 8.63. The van der Waals surface area contributed by atoms with E-state index in [1.165, 1.54) is 0 Å². The van der Waals surface area contributed by atoms with Gasteiger partial charge in [-0.05, 0) is 18.1 Å². The van der Waals surface area contributed by atoms with Crippen molar-refractivity contribution in [2.45, 2.75) is 32.6 Å². The summed E-state index contributed by atoms with van der Waals surface area (Å²) >= 11 is 0. The molecular formula is C14H18F2O2. The molecule has 0 heterocycles. The molecular weight excluding hydrogens is 238 g/mol. The molecule has 0 unspecified atom stereocenters. The molecule has 0 fully saturated rings. The minimum absolute atomic E-state index is 0.0428. The third kappa shape index (κ3) is 5.36. The topological polar surface area (TPSA) is 26.3 Å². The van der Waals surface area contributed by atoms with Crippen LogP contribution in [-0.2, 0) is 11.2 Å². The average Bonchev–Trinajstić information content (AvgIpc) is 2.35. The molecule has 1 rings (SSSR count). The third-order valence-electron chi connectivity index (χ3n) is 2.50. The van der Waals surface area contributed by atoms with Crippen molar-refractivity contribution in [1.29, 1.82) is 0 Å². The summed E-state index contributed by atoms with van der Waals surface area (Å²) in [5.41, 5.74) is 1.75. The van der Waals surface area contributed by atoms with Crippen LogP contribution in [0.3, 0.4) is 0 Å². The Morgan fingerprint density at radius 1 is 1.39 bits per heavy atom. The van der Waals surface area contributed by atoms with Crippen LogP contribution in [-0.4, -0.2) is 25.4 Å². The van der Waals surface area contributed by atoms with Gasteiger partial charge in [-0.15, -0.1) is 0 Å². The van der Waals surface area contributed by atoms with Gasteiger partial charge in [0.1, 0.15) is 6.61 Å². The molecule has 0 saturated carbocycles. The summed E-state index contributed by atoms with van der Waals surface area (Å²) in [6.45, 7) is 1.51. The van der Waals surface area contributed by atoms with E-state index in [9.17, 15) is 13.6 Å². The predicted octanol–water partition coefficient (Wildman–Crippen LogP) is 3.49. The first-order valence-electron chi connectivity index (χ1n) is 6.11. The van der Waals surface area contributed by atoms with Gasteiger partial charge >= 0.3 is 0 Å². The van der Waals surface area contributed by atoms with Gasteiger partial charge in [0.15, 0.2) is 5.78 Å². The number of alkyl halides is 2. The second kappa shape index (κ2) is 7.93. The predicted molar refractivity (Wildman–Crippen MR) is 66.2 cm³/mol. The Balaban J connectivity index is 2.43. The molecule has 0 aliphatic carbocycles. The molecule has 1 aromatic rings. The molecule has 1 aromatic carbocycles. The van der Waals surface area contributed by atoms with Crippen LogP contribution in [0.5, 0.6) is 0 Å². The maximum absolute atomic E-state index is 11.8. The normalized spacial score (nSPS) is 10.9. The van der Waals surface area contributed by atoms with E-state index < -0.39 is 13.0 Å². The van der Waals surface area contributed by atoms with E-state index >= 15 is 0 Å². The van der Waals surface area contributed by atoms with E-state index in [2.05, 4.69) is 6.92 Å². The van der Waals surface area contributed by atoms with Crippen LogP contribution in [0.25, 0.3) is 0 Å². The number of hydrogen-bond donors (Lipinski definition) is 0. The molecule has 0 saturated heterocycles. The van der Waals surface area contributed by atoms with E-state index in [-0.39, 0.29) is 18.8 Å². The maximum Gasteiger partial charge on any atom is 0.261 e. The van der Waals surface area contributed by atoms with Crippen molar-refractivity contribution in [3.63, 3.8) is 0 Å². The maximum atomic E-state index is 11.8. The number of carbonyl (C=O) groups excluding carboxylic acids is 1. The largest absolute Gasteiger partial charge is 0.375 e. The van der Waals surface area contributed by atoms with Gasteiger partial charge in [0.2, 0.25) is 0 Å². The van der Waals surface area contributed by atoms with Crippen molar-refractivity contribution < 1.29 is 18.3 Å². The summed E-state index contributed by atoms with van der Waals surface area (Å²) in [6, 6.07) is 7.43. The highest BCUT2D eigenvalue weighted by atomic mass is 19.3. The second-order valence-electron chi connectivity index (χ2n) is 4.09. The minimum atomic E-state index is -2.48. The summed E-state index contributed by atoms with van der Waals surface area (Å²) < 4.78 is 28.3. The van der Waals surface area contributed by atoms with E-state index in [0.29, 0.717) is 5.56 Å². The fourth-order valence-electron chi connectivity index (χ4n) is 1.67.